The molecule has 0 fully saturated rings. The third kappa shape index (κ3) is 4.86. The number of ether oxygens (including phenoxy) is 1. The predicted molar refractivity (Wildman–Crippen MR) is 64.4 cm³/mol. The van der Waals surface area contributed by atoms with Crippen LogP contribution in [-0.4, -0.2) is 37.8 Å². The number of carbonyl (C=O) groups is 1. The van der Waals surface area contributed by atoms with Crippen molar-refractivity contribution in [2.24, 2.45) is 5.73 Å². The smallest absolute Gasteiger partial charge is 0.320 e. The fourth-order valence-corrected chi connectivity index (χ4v) is 2.86. The second kappa shape index (κ2) is 6.77. The quantitative estimate of drug-likeness (QED) is 0.478. The zero-order valence-electron chi connectivity index (χ0n) is 9.23. The predicted octanol–water partition coefficient (Wildman–Crippen LogP) is -0.466. The average molecular weight is 268 g/mol. The normalized spacial score (nSPS) is 13.1. The maximum absolute atomic E-state index is 11.6. The number of hydrogen-bond donors (Lipinski definition) is 2. The number of nitrogens with one attached hydrogen (secondary N) is 1. The van der Waals surface area contributed by atoms with Crippen LogP contribution in [-0.2, 0) is 19.6 Å². The molecule has 94 valence electrons. The molecule has 3 N–H and O–H groups in total. The third-order valence-corrected chi connectivity index (χ3v) is 4.10. The zero-order valence-corrected chi connectivity index (χ0v) is 10.9. The standard InChI is InChI=1S/C8H16N2O4S2/c1-3-6(8(9)15)16(12,13)10-5-7(11)14-4-2/h6,10H,3-5H2,1-2H3,(H2,9,15). The highest BCUT2D eigenvalue weighted by atomic mass is 32.2. The molecule has 0 saturated carbocycles. The van der Waals surface area contributed by atoms with Crippen LogP contribution in [0.15, 0.2) is 0 Å². The molecule has 0 heterocycles. The molecule has 0 saturated heterocycles. The van der Waals surface area contributed by atoms with Gasteiger partial charge in [0.15, 0.2) is 0 Å². The molecular weight excluding hydrogens is 252 g/mol. The van der Waals surface area contributed by atoms with E-state index in [1.807, 2.05) is 0 Å². The Balaban J connectivity index is 4.45. The highest BCUT2D eigenvalue weighted by Gasteiger charge is 2.26. The van der Waals surface area contributed by atoms with E-state index in [1.165, 1.54) is 0 Å². The van der Waals surface area contributed by atoms with Gasteiger partial charge in [-0.15, -0.1) is 0 Å². The van der Waals surface area contributed by atoms with Crippen molar-refractivity contribution in [1.29, 1.82) is 0 Å². The molecule has 0 aliphatic heterocycles. The number of nitrogens with two attached hydrogens (primary N) is 1. The SMILES string of the molecule is CCOC(=O)CNS(=O)(=O)C(CC)C(N)=S. The Morgan fingerprint density at radius 1 is 1.50 bits per heavy atom. The largest absolute Gasteiger partial charge is 0.465 e. The first kappa shape index (κ1) is 15.3. The molecule has 8 heteroatoms. The van der Waals surface area contributed by atoms with Crippen molar-refractivity contribution < 1.29 is 17.9 Å². The van der Waals surface area contributed by atoms with Crippen molar-refractivity contribution in [3.05, 3.63) is 0 Å². The zero-order chi connectivity index (χ0) is 12.8. The van der Waals surface area contributed by atoms with Crippen molar-refractivity contribution >= 4 is 33.2 Å². The summed E-state index contributed by atoms with van der Waals surface area (Å²) in [6.07, 6.45) is 0.257. The van der Waals surface area contributed by atoms with E-state index in [4.69, 9.17) is 5.73 Å². The first-order chi connectivity index (χ1) is 7.35. The molecule has 0 aromatic heterocycles. The van der Waals surface area contributed by atoms with Crippen LogP contribution in [0.3, 0.4) is 0 Å². The number of rotatable bonds is 7. The van der Waals surface area contributed by atoms with E-state index in [2.05, 4.69) is 21.7 Å². The number of esters is 1. The van der Waals surface area contributed by atoms with Crippen LogP contribution in [0.25, 0.3) is 0 Å². The second-order valence-corrected chi connectivity index (χ2v) is 5.39. The second-order valence-electron chi connectivity index (χ2n) is 2.97. The van der Waals surface area contributed by atoms with Gasteiger partial charge in [-0.1, -0.05) is 19.1 Å². The third-order valence-electron chi connectivity index (χ3n) is 1.79. The Labute approximate surface area is 101 Å². The molecule has 0 aromatic rings. The Bertz CT molecular complexity index is 353. The summed E-state index contributed by atoms with van der Waals surface area (Å²) in [5.74, 6) is -0.635. The summed E-state index contributed by atoms with van der Waals surface area (Å²) in [4.78, 5) is 10.8. The molecule has 0 radical (unpaired) electrons. The van der Waals surface area contributed by atoms with Crippen LogP contribution in [0, 0.1) is 0 Å². The van der Waals surface area contributed by atoms with Gasteiger partial charge in [0.2, 0.25) is 10.0 Å². The monoisotopic (exact) mass is 268 g/mol. The molecule has 1 atom stereocenters. The van der Waals surface area contributed by atoms with Gasteiger partial charge < -0.3 is 10.5 Å². The molecule has 6 nitrogen and oxygen atoms in total. The number of thiocarbonyl (C=S) groups is 1. The van der Waals surface area contributed by atoms with E-state index in [1.54, 1.807) is 13.8 Å². The summed E-state index contributed by atoms with van der Waals surface area (Å²) in [5.41, 5.74) is 5.29. The fourth-order valence-electron chi connectivity index (χ4n) is 1.05. The summed E-state index contributed by atoms with van der Waals surface area (Å²) in [6, 6.07) is 0. The molecule has 0 spiro atoms. The first-order valence-corrected chi connectivity index (χ1v) is 6.74. The maximum atomic E-state index is 11.6. The van der Waals surface area contributed by atoms with Crippen molar-refractivity contribution in [1.82, 2.24) is 4.72 Å². The van der Waals surface area contributed by atoms with Gasteiger partial charge in [0.05, 0.1) is 11.6 Å². The minimum Gasteiger partial charge on any atom is -0.465 e. The van der Waals surface area contributed by atoms with Gasteiger partial charge in [0.1, 0.15) is 11.8 Å². The van der Waals surface area contributed by atoms with Gasteiger partial charge in [-0.05, 0) is 13.3 Å². The number of sulfonamides is 1. The minimum absolute atomic E-state index is 0.112. The Kier molecular flexibility index (Phi) is 6.46. The average Bonchev–Trinajstić information content (AvgIpc) is 2.15. The van der Waals surface area contributed by atoms with E-state index >= 15 is 0 Å². The lowest BCUT2D eigenvalue weighted by Gasteiger charge is -2.14. The van der Waals surface area contributed by atoms with Crippen LogP contribution in [0.5, 0.6) is 0 Å². The van der Waals surface area contributed by atoms with Crippen molar-refractivity contribution in [3.8, 4) is 0 Å². The molecule has 0 aliphatic rings. The van der Waals surface area contributed by atoms with Crippen LogP contribution >= 0.6 is 12.2 Å². The van der Waals surface area contributed by atoms with E-state index in [9.17, 15) is 13.2 Å². The fraction of sp³-hybridized carbons (Fsp3) is 0.750. The molecule has 0 bridgehead atoms. The van der Waals surface area contributed by atoms with Gasteiger partial charge in [0, 0.05) is 0 Å². The van der Waals surface area contributed by atoms with Crippen molar-refractivity contribution in [2.45, 2.75) is 25.5 Å². The van der Waals surface area contributed by atoms with E-state index < -0.39 is 27.8 Å². The van der Waals surface area contributed by atoms with Gasteiger partial charge in [0.25, 0.3) is 0 Å². The molecule has 0 rings (SSSR count). The molecule has 0 aliphatic carbocycles. The molecule has 0 amide bonds. The molecule has 16 heavy (non-hydrogen) atoms. The van der Waals surface area contributed by atoms with Gasteiger partial charge in [-0.3, -0.25) is 4.79 Å². The maximum Gasteiger partial charge on any atom is 0.320 e. The summed E-state index contributed by atoms with van der Waals surface area (Å²) < 4.78 is 29.9. The molecular formula is C8H16N2O4S2. The van der Waals surface area contributed by atoms with Gasteiger partial charge in [-0.25, -0.2) is 13.1 Å². The first-order valence-electron chi connectivity index (χ1n) is 4.78. The van der Waals surface area contributed by atoms with Crippen LogP contribution < -0.4 is 10.5 Å². The summed E-state index contributed by atoms with van der Waals surface area (Å²) >= 11 is 4.64. The topological polar surface area (TPSA) is 98.5 Å². The van der Waals surface area contributed by atoms with Crippen molar-refractivity contribution in [3.63, 3.8) is 0 Å². The van der Waals surface area contributed by atoms with Gasteiger partial charge >= 0.3 is 5.97 Å². The van der Waals surface area contributed by atoms with E-state index in [0.29, 0.717) is 0 Å². The van der Waals surface area contributed by atoms with Crippen molar-refractivity contribution in [2.75, 3.05) is 13.2 Å². The van der Waals surface area contributed by atoms with Crippen LogP contribution in [0.1, 0.15) is 20.3 Å². The van der Waals surface area contributed by atoms with Crippen LogP contribution in [0.4, 0.5) is 0 Å². The lowest BCUT2D eigenvalue weighted by atomic mass is 10.3. The highest BCUT2D eigenvalue weighted by Crippen LogP contribution is 2.04. The lowest BCUT2D eigenvalue weighted by Crippen LogP contribution is -2.43. The summed E-state index contributed by atoms with van der Waals surface area (Å²) in [5, 5.41) is -0.961. The number of carbonyl (C=O) groups excluding carboxylic acids is 1. The van der Waals surface area contributed by atoms with E-state index in [0.717, 1.165) is 0 Å². The molecule has 0 aromatic carbocycles. The summed E-state index contributed by atoms with van der Waals surface area (Å²) in [7, 11) is -3.70. The highest BCUT2D eigenvalue weighted by molar-refractivity contribution is 7.93. The lowest BCUT2D eigenvalue weighted by molar-refractivity contribution is -0.141. The minimum atomic E-state index is -3.70. The van der Waals surface area contributed by atoms with Crippen LogP contribution in [0.2, 0.25) is 0 Å². The molecule has 1 unspecified atom stereocenters. The Hall–Kier alpha value is -0.730. The van der Waals surface area contributed by atoms with E-state index in [-0.39, 0.29) is 18.0 Å². The summed E-state index contributed by atoms with van der Waals surface area (Å²) in [6.45, 7) is 3.08. The van der Waals surface area contributed by atoms with Gasteiger partial charge in [-0.2, -0.15) is 0 Å². The number of hydrogen-bond acceptors (Lipinski definition) is 5. The Morgan fingerprint density at radius 2 is 2.06 bits per heavy atom. The Morgan fingerprint density at radius 3 is 2.44 bits per heavy atom.